The van der Waals surface area contributed by atoms with Gasteiger partial charge in [0.25, 0.3) is 0 Å². The summed E-state index contributed by atoms with van der Waals surface area (Å²) in [6, 6.07) is 2.77. The van der Waals surface area contributed by atoms with Crippen molar-refractivity contribution < 1.29 is 18.1 Å². The van der Waals surface area contributed by atoms with Gasteiger partial charge in [0.1, 0.15) is 37.8 Å². The topological polar surface area (TPSA) is 93.0 Å². The van der Waals surface area contributed by atoms with Gasteiger partial charge in [-0.3, -0.25) is 10.3 Å². The quantitative estimate of drug-likeness (QED) is 0.600. The summed E-state index contributed by atoms with van der Waals surface area (Å²) in [5.74, 6) is -0.329. The molecule has 10 heteroatoms. The molecule has 0 spiro atoms. The number of rotatable bonds is 1. The first-order valence-corrected chi connectivity index (χ1v) is 11.9. The van der Waals surface area contributed by atoms with Crippen molar-refractivity contribution in [3.8, 4) is 0 Å². The maximum Gasteiger partial charge on any atom is 0.413 e. The number of hydrogen-bond donors (Lipinski definition) is 1. The molecule has 1 N–H and O–H groups in total. The number of ether oxygens (including phenoxy) is 1. The van der Waals surface area contributed by atoms with Crippen LogP contribution in [-0.4, -0.2) is 43.8 Å². The van der Waals surface area contributed by atoms with Gasteiger partial charge in [0.15, 0.2) is 0 Å². The van der Waals surface area contributed by atoms with Crippen molar-refractivity contribution in [1.29, 1.82) is 0 Å². The Morgan fingerprint density at radius 3 is 2.69 bits per heavy atom. The summed E-state index contributed by atoms with van der Waals surface area (Å²) in [6.45, 7) is 9.16. The third-order valence-corrected chi connectivity index (χ3v) is 8.89. The first-order chi connectivity index (χ1) is 13.3. The number of aromatic nitrogens is 1. The molecule has 0 aromatic carbocycles. The lowest BCUT2D eigenvalue weighted by Gasteiger charge is -2.44. The Bertz CT molecular complexity index is 1000. The van der Waals surface area contributed by atoms with Crippen molar-refractivity contribution in [2.45, 2.75) is 63.3 Å². The summed E-state index contributed by atoms with van der Waals surface area (Å²) in [5, 5.41) is 2.69. The zero-order chi connectivity index (χ0) is 21.7. The molecular weight excluding hydrogens is 463 g/mol. The zero-order valence-electron chi connectivity index (χ0n) is 17.2. The fourth-order valence-electron chi connectivity index (χ4n) is 3.66. The molecule has 3 rings (SSSR count). The standard InChI is InChI=1S/C19H26BrFN4O3S/c1-17(2,3)28-16(26)24-15-19(5)9-6-10-22-29(19,27)11-18(4,25-15)14-12(21)7-8-13(20)23-14/h7-8H,6,9-11H2,1-5H3,(H,24,25,26)/t18-,19-,29-/m0/s1. The SMILES string of the molecule is CC(C)(C)OC(=O)NC1=N[C@](C)(c2nc(Br)ccc2F)C[S@@]2(=O)=NCCC[C@@]12C. The summed E-state index contributed by atoms with van der Waals surface area (Å²) in [7, 11) is -2.85. The molecule has 7 nitrogen and oxygen atoms in total. The monoisotopic (exact) mass is 488 g/mol. The van der Waals surface area contributed by atoms with Gasteiger partial charge >= 0.3 is 6.09 Å². The molecule has 0 bridgehead atoms. The van der Waals surface area contributed by atoms with Crippen LogP contribution in [0.5, 0.6) is 0 Å². The van der Waals surface area contributed by atoms with Crippen LogP contribution in [0.4, 0.5) is 9.18 Å². The second kappa shape index (κ2) is 7.30. The molecule has 0 aliphatic carbocycles. The molecule has 1 aromatic heterocycles. The van der Waals surface area contributed by atoms with E-state index >= 15 is 0 Å². The number of alkyl carbamates (subject to hydrolysis) is 1. The minimum atomic E-state index is -2.85. The van der Waals surface area contributed by atoms with Crippen LogP contribution in [0.1, 0.15) is 53.2 Å². The Morgan fingerprint density at radius 1 is 1.34 bits per heavy atom. The smallest absolute Gasteiger partial charge is 0.413 e. The predicted molar refractivity (Wildman–Crippen MR) is 114 cm³/mol. The molecule has 0 fully saturated rings. The van der Waals surface area contributed by atoms with Gasteiger partial charge in [0.2, 0.25) is 0 Å². The van der Waals surface area contributed by atoms with Gasteiger partial charge in [-0.1, -0.05) is 0 Å². The first kappa shape index (κ1) is 22.1. The van der Waals surface area contributed by atoms with Crippen molar-refractivity contribution in [2.24, 2.45) is 9.36 Å². The van der Waals surface area contributed by atoms with Crippen LogP contribution in [0.25, 0.3) is 0 Å². The van der Waals surface area contributed by atoms with E-state index in [4.69, 9.17) is 9.73 Å². The molecule has 2 aliphatic rings. The van der Waals surface area contributed by atoms with E-state index in [1.165, 1.54) is 12.1 Å². The third kappa shape index (κ3) is 4.19. The maximum absolute atomic E-state index is 14.7. The molecule has 3 heterocycles. The van der Waals surface area contributed by atoms with Crippen LogP contribution in [0.15, 0.2) is 26.1 Å². The van der Waals surface area contributed by atoms with Crippen LogP contribution in [0, 0.1) is 5.82 Å². The molecule has 29 heavy (non-hydrogen) atoms. The molecular formula is C19H26BrFN4O3S. The van der Waals surface area contributed by atoms with Gasteiger partial charge < -0.3 is 4.74 Å². The van der Waals surface area contributed by atoms with Crippen molar-refractivity contribution in [3.05, 3.63) is 28.2 Å². The van der Waals surface area contributed by atoms with Crippen LogP contribution >= 0.6 is 15.9 Å². The number of amidine groups is 1. The lowest BCUT2D eigenvalue weighted by atomic mass is 9.96. The summed E-state index contributed by atoms with van der Waals surface area (Å²) in [6.07, 6.45) is 0.577. The second-order valence-corrected chi connectivity index (χ2v) is 12.3. The van der Waals surface area contributed by atoms with Crippen molar-refractivity contribution in [2.75, 3.05) is 12.3 Å². The first-order valence-electron chi connectivity index (χ1n) is 9.41. The average molecular weight is 489 g/mol. The van der Waals surface area contributed by atoms with E-state index in [2.05, 4.69) is 30.6 Å². The molecule has 0 radical (unpaired) electrons. The van der Waals surface area contributed by atoms with Gasteiger partial charge in [-0.15, -0.1) is 0 Å². The van der Waals surface area contributed by atoms with Crippen molar-refractivity contribution in [3.63, 3.8) is 0 Å². The van der Waals surface area contributed by atoms with E-state index in [1.54, 1.807) is 34.6 Å². The number of nitrogens with zero attached hydrogens (tertiary/aromatic N) is 3. The van der Waals surface area contributed by atoms with E-state index in [-0.39, 0.29) is 17.3 Å². The minimum Gasteiger partial charge on any atom is -0.444 e. The summed E-state index contributed by atoms with van der Waals surface area (Å²) >= 11 is 3.26. The van der Waals surface area contributed by atoms with Gasteiger partial charge in [0.05, 0.1) is 15.5 Å². The highest BCUT2D eigenvalue weighted by molar-refractivity contribution is 9.10. The summed E-state index contributed by atoms with van der Waals surface area (Å²) < 4.78 is 37.9. The average Bonchev–Trinajstić information content (AvgIpc) is 2.56. The van der Waals surface area contributed by atoms with E-state index in [0.717, 1.165) is 6.42 Å². The molecule has 0 saturated carbocycles. The predicted octanol–water partition coefficient (Wildman–Crippen LogP) is 4.16. The molecule has 1 amide bonds. The fourth-order valence-corrected chi connectivity index (χ4v) is 6.91. The third-order valence-electron chi connectivity index (χ3n) is 5.09. The Morgan fingerprint density at radius 2 is 2.03 bits per heavy atom. The van der Waals surface area contributed by atoms with Gasteiger partial charge in [-0.25, -0.2) is 22.7 Å². The largest absolute Gasteiger partial charge is 0.444 e. The van der Waals surface area contributed by atoms with Gasteiger partial charge in [0, 0.05) is 6.54 Å². The van der Waals surface area contributed by atoms with E-state index < -0.39 is 37.5 Å². The van der Waals surface area contributed by atoms with Crippen molar-refractivity contribution in [1.82, 2.24) is 10.3 Å². The Labute approximate surface area is 179 Å². The molecule has 3 atom stereocenters. The van der Waals surface area contributed by atoms with Crippen LogP contribution < -0.4 is 5.32 Å². The lowest BCUT2D eigenvalue weighted by molar-refractivity contribution is 0.0560. The summed E-state index contributed by atoms with van der Waals surface area (Å²) in [4.78, 5) is 21.4. The zero-order valence-corrected chi connectivity index (χ0v) is 19.6. The molecule has 0 saturated heterocycles. The fraction of sp³-hybridized carbons (Fsp3) is 0.632. The minimum absolute atomic E-state index is 0.0242. The highest BCUT2D eigenvalue weighted by atomic mass is 79.9. The number of amides is 1. The number of halogens is 2. The molecule has 1 aromatic rings. The van der Waals surface area contributed by atoms with E-state index in [0.29, 0.717) is 17.6 Å². The second-order valence-electron chi connectivity index (χ2n) is 8.80. The summed E-state index contributed by atoms with van der Waals surface area (Å²) in [5.41, 5.74) is -1.91. The number of hydrogen-bond acceptors (Lipinski definition) is 6. The van der Waals surface area contributed by atoms with E-state index in [9.17, 15) is 13.4 Å². The Hall–Kier alpha value is -1.55. The molecule has 0 unspecified atom stereocenters. The number of carbonyl (C=O) groups excluding carboxylic acids is 1. The number of aliphatic imine (C=N–C) groups is 1. The highest BCUT2D eigenvalue weighted by Gasteiger charge is 2.53. The highest BCUT2D eigenvalue weighted by Crippen LogP contribution is 2.42. The lowest BCUT2D eigenvalue weighted by Crippen LogP contribution is -2.60. The Kier molecular flexibility index (Phi) is 5.57. The normalized spacial score (nSPS) is 31.9. The van der Waals surface area contributed by atoms with Crippen LogP contribution in [0.2, 0.25) is 0 Å². The number of carbonyl (C=O) groups is 1. The van der Waals surface area contributed by atoms with Crippen LogP contribution in [-0.2, 0) is 20.0 Å². The van der Waals surface area contributed by atoms with Gasteiger partial charge in [-0.2, -0.15) is 0 Å². The molecule has 160 valence electrons. The van der Waals surface area contributed by atoms with E-state index in [1.807, 2.05) is 0 Å². The maximum atomic E-state index is 14.7. The van der Waals surface area contributed by atoms with Crippen molar-refractivity contribution >= 4 is 37.6 Å². The number of pyridine rings is 1. The van der Waals surface area contributed by atoms with Crippen LogP contribution in [0.3, 0.4) is 0 Å². The number of fused-ring (bicyclic) bond motifs is 1. The number of nitrogens with one attached hydrogen (secondary N) is 1. The molecule has 2 aliphatic heterocycles. The Balaban J connectivity index is 2.15. The van der Waals surface area contributed by atoms with Gasteiger partial charge in [-0.05, 0) is 75.5 Å².